The van der Waals surface area contributed by atoms with Crippen LogP contribution in [0.2, 0.25) is 5.02 Å². The summed E-state index contributed by atoms with van der Waals surface area (Å²) in [6, 6.07) is 14.4. The molecule has 7 heteroatoms. The summed E-state index contributed by atoms with van der Waals surface area (Å²) in [6.45, 7) is 0.976. The second kappa shape index (κ2) is 10.9. The Morgan fingerprint density at radius 2 is 2.00 bits per heavy atom. The Kier molecular flexibility index (Phi) is 8.45. The molecule has 0 heterocycles. The molecule has 1 amide bonds. The molecule has 2 aromatic rings. The molecule has 0 atom stereocenters. The second-order valence-electron chi connectivity index (χ2n) is 4.99. The normalized spacial score (nSPS) is 10.3. The predicted molar refractivity (Wildman–Crippen MR) is 102 cm³/mol. The average molecular weight is 382 g/mol. The number of ether oxygens (including phenoxy) is 3. The fraction of sp³-hybridized carbons (Fsp3) is 0.278. The van der Waals surface area contributed by atoms with E-state index in [0.29, 0.717) is 23.1 Å². The molecule has 0 saturated heterocycles. The number of halogens is 1. The molecule has 0 spiro atoms. The molecule has 5 nitrogen and oxygen atoms in total. The van der Waals surface area contributed by atoms with Crippen LogP contribution in [0, 0.1) is 0 Å². The van der Waals surface area contributed by atoms with Crippen LogP contribution in [0.15, 0.2) is 48.5 Å². The molecule has 0 saturated carbocycles. The van der Waals surface area contributed by atoms with Gasteiger partial charge in [-0.05, 0) is 24.0 Å². The Bertz CT molecular complexity index is 669. The van der Waals surface area contributed by atoms with Crippen molar-refractivity contribution >= 4 is 35.1 Å². The fourth-order valence-corrected chi connectivity index (χ4v) is 2.37. The zero-order chi connectivity index (χ0) is 17.9. The van der Waals surface area contributed by atoms with E-state index in [2.05, 4.69) is 5.32 Å². The Morgan fingerprint density at radius 3 is 2.72 bits per heavy atom. The van der Waals surface area contributed by atoms with Gasteiger partial charge in [0.05, 0.1) is 17.3 Å². The molecule has 0 unspecified atom stereocenters. The highest BCUT2D eigenvalue weighted by Crippen LogP contribution is 2.27. The first-order chi connectivity index (χ1) is 12.2. The third kappa shape index (κ3) is 7.25. The molecule has 1 N–H and O–H groups in total. The zero-order valence-electron chi connectivity index (χ0n) is 13.9. The highest BCUT2D eigenvalue weighted by Gasteiger charge is 2.08. The van der Waals surface area contributed by atoms with Gasteiger partial charge in [-0.15, -0.1) is 0 Å². The molecule has 0 bridgehead atoms. The standard InChI is InChI=1S/C18H20ClNO4S/c1-25-10-9-22-13-24-15-7-8-17(16(19)11-15)20-18(21)23-12-14-5-3-2-4-6-14/h2-8,11H,9-10,12-13H2,1H3,(H,20,21). The van der Waals surface area contributed by atoms with Gasteiger partial charge < -0.3 is 14.2 Å². The van der Waals surface area contributed by atoms with Gasteiger partial charge in [-0.1, -0.05) is 41.9 Å². The van der Waals surface area contributed by atoms with Crippen LogP contribution in [0.1, 0.15) is 5.56 Å². The molecular formula is C18H20ClNO4S. The second-order valence-corrected chi connectivity index (χ2v) is 6.38. The van der Waals surface area contributed by atoms with E-state index in [1.807, 2.05) is 36.6 Å². The van der Waals surface area contributed by atoms with Crippen LogP contribution >= 0.6 is 23.4 Å². The molecule has 25 heavy (non-hydrogen) atoms. The van der Waals surface area contributed by atoms with Crippen molar-refractivity contribution in [2.45, 2.75) is 6.61 Å². The number of thioether (sulfide) groups is 1. The summed E-state index contributed by atoms with van der Waals surface area (Å²) in [7, 11) is 0. The molecule has 2 aromatic carbocycles. The number of rotatable bonds is 9. The minimum absolute atomic E-state index is 0.156. The Hall–Kier alpha value is -1.89. The highest BCUT2D eigenvalue weighted by molar-refractivity contribution is 7.98. The predicted octanol–water partition coefficient (Wildman–Crippen LogP) is 4.80. The molecule has 0 aromatic heterocycles. The Labute approximate surface area is 156 Å². The van der Waals surface area contributed by atoms with E-state index in [0.717, 1.165) is 11.3 Å². The lowest BCUT2D eigenvalue weighted by Crippen LogP contribution is -2.14. The molecule has 2 rings (SSSR count). The van der Waals surface area contributed by atoms with E-state index >= 15 is 0 Å². The SMILES string of the molecule is CSCCOCOc1ccc(NC(=O)OCc2ccccc2)c(Cl)c1. The number of carbonyl (C=O) groups excluding carboxylic acids is 1. The van der Waals surface area contributed by atoms with Crippen LogP contribution in [-0.4, -0.2) is 31.5 Å². The van der Waals surface area contributed by atoms with Crippen molar-refractivity contribution in [3.05, 3.63) is 59.1 Å². The third-order valence-electron chi connectivity index (χ3n) is 3.13. The number of amides is 1. The van der Waals surface area contributed by atoms with Gasteiger partial charge in [-0.3, -0.25) is 5.32 Å². The first-order valence-corrected chi connectivity index (χ1v) is 9.43. The summed E-state index contributed by atoms with van der Waals surface area (Å²) in [5.41, 5.74) is 1.37. The number of nitrogens with one attached hydrogen (secondary N) is 1. The van der Waals surface area contributed by atoms with Crippen molar-refractivity contribution < 1.29 is 19.0 Å². The van der Waals surface area contributed by atoms with E-state index in [9.17, 15) is 4.79 Å². The average Bonchev–Trinajstić information content (AvgIpc) is 2.63. The van der Waals surface area contributed by atoms with Crippen molar-refractivity contribution in [1.29, 1.82) is 0 Å². The largest absolute Gasteiger partial charge is 0.468 e. The molecule has 134 valence electrons. The lowest BCUT2D eigenvalue weighted by molar-refractivity contribution is 0.0238. The third-order valence-corrected chi connectivity index (χ3v) is 4.02. The van der Waals surface area contributed by atoms with E-state index < -0.39 is 6.09 Å². The summed E-state index contributed by atoms with van der Waals surface area (Å²) >= 11 is 7.87. The van der Waals surface area contributed by atoms with E-state index in [1.165, 1.54) is 0 Å². The van der Waals surface area contributed by atoms with Crippen molar-refractivity contribution in [3.63, 3.8) is 0 Å². The molecule has 0 radical (unpaired) electrons. The summed E-state index contributed by atoms with van der Waals surface area (Å²) in [4.78, 5) is 11.9. The number of hydrogen-bond acceptors (Lipinski definition) is 5. The summed E-state index contributed by atoms with van der Waals surface area (Å²) < 4.78 is 15.9. The Balaban J connectivity index is 1.78. The fourth-order valence-electron chi connectivity index (χ4n) is 1.87. The quantitative estimate of drug-likeness (QED) is 0.499. The summed E-state index contributed by atoms with van der Waals surface area (Å²) in [5.74, 6) is 1.48. The van der Waals surface area contributed by atoms with Gasteiger partial charge in [0.1, 0.15) is 12.4 Å². The van der Waals surface area contributed by atoms with Gasteiger partial charge in [0.2, 0.25) is 0 Å². The minimum Gasteiger partial charge on any atom is -0.468 e. The Morgan fingerprint density at radius 1 is 1.20 bits per heavy atom. The summed E-state index contributed by atoms with van der Waals surface area (Å²) in [5, 5.41) is 2.97. The molecule has 0 fully saturated rings. The van der Waals surface area contributed by atoms with Gasteiger partial charge in [-0.2, -0.15) is 11.8 Å². The molecular weight excluding hydrogens is 362 g/mol. The van der Waals surface area contributed by atoms with Crippen molar-refractivity contribution in [3.8, 4) is 5.75 Å². The maximum absolute atomic E-state index is 11.9. The number of anilines is 1. The monoisotopic (exact) mass is 381 g/mol. The maximum Gasteiger partial charge on any atom is 0.412 e. The van der Waals surface area contributed by atoms with Crippen LogP contribution in [0.25, 0.3) is 0 Å². The van der Waals surface area contributed by atoms with E-state index in [1.54, 1.807) is 30.0 Å². The van der Waals surface area contributed by atoms with Crippen LogP contribution < -0.4 is 10.1 Å². The molecule has 0 aliphatic carbocycles. The highest BCUT2D eigenvalue weighted by atomic mass is 35.5. The topological polar surface area (TPSA) is 56.8 Å². The van der Waals surface area contributed by atoms with E-state index in [4.69, 9.17) is 25.8 Å². The van der Waals surface area contributed by atoms with Gasteiger partial charge in [0.15, 0.2) is 6.79 Å². The minimum atomic E-state index is -0.570. The van der Waals surface area contributed by atoms with Gasteiger partial charge in [-0.25, -0.2) is 4.79 Å². The van der Waals surface area contributed by atoms with Crippen molar-refractivity contribution in [1.82, 2.24) is 0 Å². The summed E-state index contributed by atoms with van der Waals surface area (Å²) in [6.07, 6.45) is 1.44. The van der Waals surface area contributed by atoms with Gasteiger partial charge in [0.25, 0.3) is 0 Å². The zero-order valence-corrected chi connectivity index (χ0v) is 15.4. The lowest BCUT2D eigenvalue weighted by atomic mass is 10.2. The van der Waals surface area contributed by atoms with Crippen molar-refractivity contribution in [2.75, 3.05) is 30.7 Å². The molecule has 0 aliphatic heterocycles. The van der Waals surface area contributed by atoms with E-state index in [-0.39, 0.29) is 13.4 Å². The van der Waals surface area contributed by atoms with Crippen LogP contribution in [-0.2, 0) is 16.1 Å². The first-order valence-electron chi connectivity index (χ1n) is 7.66. The smallest absolute Gasteiger partial charge is 0.412 e. The number of hydrogen-bond donors (Lipinski definition) is 1. The lowest BCUT2D eigenvalue weighted by Gasteiger charge is -2.11. The van der Waals surface area contributed by atoms with Crippen LogP contribution in [0.3, 0.4) is 0 Å². The van der Waals surface area contributed by atoms with Crippen LogP contribution in [0.4, 0.5) is 10.5 Å². The maximum atomic E-state index is 11.9. The van der Waals surface area contributed by atoms with Gasteiger partial charge >= 0.3 is 6.09 Å². The van der Waals surface area contributed by atoms with Crippen LogP contribution in [0.5, 0.6) is 5.75 Å². The van der Waals surface area contributed by atoms with Gasteiger partial charge in [0, 0.05) is 11.8 Å². The number of carbonyl (C=O) groups is 1. The number of benzene rings is 2. The first kappa shape index (κ1) is 19.4. The molecule has 0 aliphatic rings. The van der Waals surface area contributed by atoms with Crippen molar-refractivity contribution in [2.24, 2.45) is 0 Å².